The summed E-state index contributed by atoms with van der Waals surface area (Å²) in [6.45, 7) is 7.95. The average molecular weight is 383 g/mol. The molecule has 5 heteroatoms. The molecule has 2 aromatic rings. The van der Waals surface area contributed by atoms with Gasteiger partial charge in [0.25, 0.3) is 0 Å². The number of benzene rings is 2. The molecule has 0 aromatic heterocycles. The van der Waals surface area contributed by atoms with Crippen molar-refractivity contribution < 1.29 is 14.3 Å². The SMILES string of the molecule is CC(NC(=O)CCc1ccc(OCc2ccccc2)cc1)C(=O)NC(C)(C)C. The minimum Gasteiger partial charge on any atom is -0.489 e. The van der Waals surface area contributed by atoms with Crippen LogP contribution in [0.1, 0.15) is 45.2 Å². The molecule has 0 spiro atoms. The molecule has 1 atom stereocenters. The molecule has 0 radical (unpaired) electrons. The molecule has 2 aromatic carbocycles. The van der Waals surface area contributed by atoms with Gasteiger partial charge >= 0.3 is 0 Å². The number of carbonyl (C=O) groups excluding carboxylic acids is 2. The molecule has 0 aliphatic rings. The van der Waals surface area contributed by atoms with Gasteiger partial charge in [-0.1, -0.05) is 42.5 Å². The van der Waals surface area contributed by atoms with Crippen molar-refractivity contribution in [3.05, 3.63) is 65.7 Å². The zero-order valence-electron chi connectivity index (χ0n) is 17.1. The van der Waals surface area contributed by atoms with Crippen LogP contribution in [-0.4, -0.2) is 23.4 Å². The fraction of sp³-hybridized carbons (Fsp3) is 0.391. The maximum atomic E-state index is 12.1. The molecule has 0 saturated carbocycles. The van der Waals surface area contributed by atoms with Crippen molar-refractivity contribution in [2.45, 2.75) is 58.7 Å². The zero-order chi connectivity index (χ0) is 20.6. The van der Waals surface area contributed by atoms with Crippen molar-refractivity contribution in [3.8, 4) is 5.75 Å². The average Bonchev–Trinajstić information content (AvgIpc) is 2.65. The number of amides is 2. The quantitative estimate of drug-likeness (QED) is 0.733. The van der Waals surface area contributed by atoms with Crippen molar-refractivity contribution in [1.82, 2.24) is 10.6 Å². The topological polar surface area (TPSA) is 67.4 Å². The molecule has 2 N–H and O–H groups in total. The molecule has 0 aliphatic heterocycles. The Balaban J connectivity index is 1.74. The van der Waals surface area contributed by atoms with E-state index in [9.17, 15) is 9.59 Å². The first-order valence-corrected chi connectivity index (χ1v) is 9.60. The first kappa shape index (κ1) is 21.5. The number of nitrogens with one attached hydrogen (secondary N) is 2. The summed E-state index contributed by atoms with van der Waals surface area (Å²) in [7, 11) is 0. The second-order valence-electron chi connectivity index (χ2n) is 7.95. The first-order valence-electron chi connectivity index (χ1n) is 9.60. The molecule has 0 heterocycles. The molecular weight excluding hydrogens is 352 g/mol. The van der Waals surface area contributed by atoms with Gasteiger partial charge in [-0.3, -0.25) is 9.59 Å². The number of hydrogen-bond acceptors (Lipinski definition) is 3. The lowest BCUT2D eigenvalue weighted by molar-refractivity contribution is -0.129. The van der Waals surface area contributed by atoms with Gasteiger partial charge in [0, 0.05) is 12.0 Å². The summed E-state index contributed by atoms with van der Waals surface area (Å²) in [4.78, 5) is 24.1. The van der Waals surface area contributed by atoms with Crippen LogP contribution < -0.4 is 15.4 Å². The summed E-state index contributed by atoms with van der Waals surface area (Å²) in [6, 6.07) is 17.2. The van der Waals surface area contributed by atoms with E-state index in [1.807, 2.05) is 75.4 Å². The van der Waals surface area contributed by atoms with Crippen LogP contribution in [0.3, 0.4) is 0 Å². The number of rotatable bonds is 8. The fourth-order valence-corrected chi connectivity index (χ4v) is 2.61. The molecule has 28 heavy (non-hydrogen) atoms. The minimum atomic E-state index is -0.555. The van der Waals surface area contributed by atoms with Gasteiger partial charge in [-0.15, -0.1) is 0 Å². The van der Waals surface area contributed by atoms with E-state index >= 15 is 0 Å². The maximum Gasteiger partial charge on any atom is 0.242 e. The Morgan fingerprint density at radius 1 is 0.964 bits per heavy atom. The van der Waals surface area contributed by atoms with Crippen LogP contribution in [0.5, 0.6) is 5.75 Å². The Bertz CT molecular complexity index is 765. The van der Waals surface area contributed by atoms with E-state index < -0.39 is 6.04 Å². The van der Waals surface area contributed by atoms with E-state index in [4.69, 9.17) is 4.74 Å². The summed E-state index contributed by atoms with van der Waals surface area (Å²) < 4.78 is 5.77. The zero-order valence-corrected chi connectivity index (χ0v) is 17.1. The van der Waals surface area contributed by atoms with Crippen LogP contribution in [0.4, 0.5) is 0 Å². The van der Waals surface area contributed by atoms with Crippen molar-refractivity contribution in [1.29, 1.82) is 0 Å². The Kier molecular flexibility index (Phi) is 7.61. The van der Waals surface area contributed by atoms with Crippen LogP contribution >= 0.6 is 0 Å². The Hall–Kier alpha value is -2.82. The predicted octanol–water partition coefficient (Wildman–Crippen LogP) is 3.62. The van der Waals surface area contributed by atoms with Gasteiger partial charge in [0.1, 0.15) is 18.4 Å². The van der Waals surface area contributed by atoms with Crippen LogP contribution in [0.25, 0.3) is 0 Å². The smallest absolute Gasteiger partial charge is 0.242 e. The molecule has 5 nitrogen and oxygen atoms in total. The molecule has 0 aliphatic carbocycles. The molecular formula is C23H30N2O3. The molecule has 0 bridgehead atoms. The third-order valence-electron chi connectivity index (χ3n) is 4.08. The van der Waals surface area contributed by atoms with E-state index in [1.165, 1.54) is 0 Å². The number of ether oxygens (including phenoxy) is 1. The first-order chi connectivity index (χ1) is 13.2. The van der Waals surface area contributed by atoms with Crippen molar-refractivity contribution >= 4 is 11.8 Å². The second-order valence-corrected chi connectivity index (χ2v) is 7.95. The van der Waals surface area contributed by atoms with Gasteiger partial charge in [0.15, 0.2) is 0 Å². The molecule has 0 saturated heterocycles. The predicted molar refractivity (Wildman–Crippen MR) is 111 cm³/mol. The van der Waals surface area contributed by atoms with Gasteiger partial charge < -0.3 is 15.4 Å². The Labute approximate surface area is 167 Å². The third kappa shape index (κ3) is 7.82. The second kappa shape index (κ2) is 9.93. The highest BCUT2D eigenvalue weighted by molar-refractivity contribution is 5.87. The van der Waals surface area contributed by atoms with Crippen molar-refractivity contribution in [2.75, 3.05) is 0 Å². The van der Waals surface area contributed by atoms with Gasteiger partial charge in [-0.25, -0.2) is 0 Å². The lowest BCUT2D eigenvalue weighted by atomic mass is 10.1. The number of carbonyl (C=O) groups is 2. The standard InChI is InChI=1S/C23H30N2O3/c1-17(22(27)25-23(2,3)4)24-21(26)15-12-18-10-13-20(14-11-18)28-16-19-8-6-5-7-9-19/h5-11,13-14,17H,12,15-16H2,1-4H3,(H,24,26)(H,25,27). The molecule has 2 amide bonds. The van der Waals surface area contributed by atoms with Crippen LogP contribution in [0.2, 0.25) is 0 Å². The van der Waals surface area contributed by atoms with Gasteiger partial charge in [-0.05, 0) is 57.4 Å². The van der Waals surface area contributed by atoms with Gasteiger partial charge in [0.2, 0.25) is 11.8 Å². The van der Waals surface area contributed by atoms with E-state index in [2.05, 4.69) is 10.6 Å². The highest BCUT2D eigenvalue weighted by Crippen LogP contribution is 2.15. The third-order valence-corrected chi connectivity index (χ3v) is 4.08. The summed E-state index contributed by atoms with van der Waals surface area (Å²) >= 11 is 0. The monoisotopic (exact) mass is 382 g/mol. The van der Waals surface area contributed by atoms with E-state index in [0.29, 0.717) is 19.4 Å². The largest absolute Gasteiger partial charge is 0.489 e. The lowest BCUT2D eigenvalue weighted by Gasteiger charge is -2.23. The fourth-order valence-electron chi connectivity index (χ4n) is 2.61. The lowest BCUT2D eigenvalue weighted by Crippen LogP contribution is -2.50. The normalized spacial score (nSPS) is 12.1. The van der Waals surface area contributed by atoms with Crippen molar-refractivity contribution in [3.63, 3.8) is 0 Å². The molecule has 1 unspecified atom stereocenters. The molecule has 150 valence electrons. The highest BCUT2D eigenvalue weighted by atomic mass is 16.5. The van der Waals surface area contributed by atoms with Crippen LogP contribution in [-0.2, 0) is 22.6 Å². The molecule has 2 rings (SSSR count). The summed E-state index contributed by atoms with van der Waals surface area (Å²) in [5.41, 5.74) is 1.85. The van der Waals surface area contributed by atoms with Crippen LogP contribution in [0.15, 0.2) is 54.6 Å². The summed E-state index contributed by atoms with van der Waals surface area (Å²) in [5.74, 6) is 0.478. The highest BCUT2D eigenvalue weighted by Gasteiger charge is 2.20. The van der Waals surface area contributed by atoms with Gasteiger partial charge in [-0.2, -0.15) is 0 Å². The van der Waals surface area contributed by atoms with Gasteiger partial charge in [0.05, 0.1) is 0 Å². The Morgan fingerprint density at radius 3 is 2.21 bits per heavy atom. The van der Waals surface area contributed by atoms with Crippen molar-refractivity contribution in [2.24, 2.45) is 0 Å². The Morgan fingerprint density at radius 2 is 1.61 bits per heavy atom. The van der Waals surface area contributed by atoms with E-state index in [1.54, 1.807) is 6.92 Å². The summed E-state index contributed by atoms with van der Waals surface area (Å²) in [6.07, 6.45) is 0.940. The number of hydrogen-bond donors (Lipinski definition) is 2. The minimum absolute atomic E-state index is 0.138. The number of aryl methyl sites for hydroxylation is 1. The van der Waals surface area contributed by atoms with E-state index in [0.717, 1.165) is 16.9 Å². The maximum absolute atomic E-state index is 12.1. The molecule has 0 fully saturated rings. The van der Waals surface area contributed by atoms with E-state index in [-0.39, 0.29) is 17.4 Å². The van der Waals surface area contributed by atoms with Crippen LogP contribution in [0, 0.1) is 0 Å². The summed E-state index contributed by atoms with van der Waals surface area (Å²) in [5, 5.41) is 5.61.